The van der Waals surface area contributed by atoms with Gasteiger partial charge in [0.05, 0.1) is 13.2 Å². The SMILES string of the molecule is C[C@H]1CN([C@@H](C)CO)S(=O)(=O)c2ccc(-c3cccc(F)c3)cc2O[C@@H]1CN(C)C(=O)C1CC1. The van der Waals surface area contributed by atoms with Crippen LogP contribution in [0.1, 0.15) is 26.7 Å². The molecular formula is C25H31FN2O5S. The normalized spacial score (nSPS) is 23.2. The predicted octanol–water partition coefficient (Wildman–Crippen LogP) is 3.13. The molecule has 3 atom stereocenters. The van der Waals surface area contributed by atoms with E-state index in [1.807, 2.05) is 6.92 Å². The monoisotopic (exact) mass is 490 g/mol. The maximum absolute atomic E-state index is 13.8. The number of halogens is 1. The second-order valence-corrected chi connectivity index (χ2v) is 11.3. The number of aliphatic hydroxyl groups is 1. The Bertz CT molecular complexity index is 1170. The van der Waals surface area contributed by atoms with Gasteiger partial charge < -0.3 is 14.7 Å². The van der Waals surface area contributed by atoms with Crippen LogP contribution in [0.4, 0.5) is 4.39 Å². The lowest BCUT2D eigenvalue weighted by Crippen LogP contribution is -2.50. The van der Waals surface area contributed by atoms with Crippen molar-refractivity contribution in [2.24, 2.45) is 11.8 Å². The number of ether oxygens (including phenoxy) is 1. The van der Waals surface area contributed by atoms with Gasteiger partial charge in [-0.1, -0.05) is 25.1 Å². The Kier molecular flexibility index (Phi) is 6.98. The van der Waals surface area contributed by atoms with E-state index in [1.54, 1.807) is 43.1 Å². The van der Waals surface area contributed by atoms with Gasteiger partial charge in [-0.05, 0) is 55.2 Å². The van der Waals surface area contributed by atoms with Gasteiger partial charge in [0.25, 0.3) is 0 Å². The number of amides is 1. The highest BCUT2D eigenvalue weighted by Crippen LogP contribution is 2.37. The molecule has 0 spiro atoms. The van der Waals surface area contributed by atoms with Gasteiger partial charge >= 0.3 is 0 Å². The molecule has 0 saturated heterocycles. The number of sulfonamides is 1. The first-order valence-corrected chi connectivity index (χ1v) is 13.0. The van der Waals surface area contributed by atoms with Gasteiger partial charge in [-0.25, -0.2) is 12.8 Å². The third-order valence-electron chi connectivity index (χ3n) is 6.58. The van der Waals surface area contributed by atoms with Crippen LogP contribution in [0.25, 0.3) is 11.1 Å². The van der Waals surface area contributed by atoms with E-state index in [0.717, 1.165) is 12.8 Å². The number of aliphatic hydroxyl groups excluding tert-OH is 1. The van der Waals surface area contributed by atoms with Gasteiger partial charge in [0, 0.05) is 31.5 Å². The number of benzene rings is 2. The Morgan fingerprint density at radius 3 is 2.59 bits per heavy atom. The second-order valence-electron chi connectivity index (χ2n) is 9.40. The minimum absolute atomic E-state index is 0.0129. The van der Waals surface area contributed by atoms with Crippen molar-refractivity contribution >= 4 is 15.9 Å². The smallest absolute Gasteiger partial charge is 0.247 e. The summed E-state index contributed by atoms with van der Waals surface area (Å²) in [6.45, 7) is 3.67. The molecule has 0 radical (unpaired) electrons. The Morgan fingerprint density at radius 2 is 1.94 bits per heavy atom. The number of fused-ring (bicyclic) bond motifs is 1. The van der Waals surface area contributed by atoms with E-state index in [9.17, 15) is 22.7 Å². The summed E-state index contributed by atoms with van der Waals surface area (Å²) in [5.74, 6) is -0.371. The van der Waals surface area contributed by atoms with Crippen LogP contribution in [0.2, 0.25) is 0 Å². The average molecular weight is 491 g/mol. The van der Waals surface area contributed by atoms with Crippen molar-refractivity contribution in [1.82, 2.24) is 9.21 Å². The van der Waals surface area contributed by atoms with Crippen LogP contribution in [-0.2, 0) is 14.8 Å². The largest absolute Gasteiger partial charge is 0.487 e. The number of hydrogen-bond donors (Lipinski definition) is 1. The fourth-order valence-electron chi connectivity index (χ4n) is 4.29. The van der Waals surface area contributed by atoms with E-state index in [0.29, 0.717) is 17.7 Å². The van der Waals surface area contributed by atoms with Crippen LogP contribution in [0.3, 0.4) is 0 Å². The zero-order valence-corrected chi connectivity index (χ0v) is 20.5. The van der Waals surface area contributed by atoms with Gasteiger partial charge in [-0.15, -0.1) is 0 Å². The highest BCUT2D eigenvalue weighted by Gasteiger charge is 2.39. The quantitative estimate of drug-likeness (QED) is 0.672. The van der Waals surface area contributed by atoms with Crippen LogP contribution in [-0.4, -0.2) is 67.5 Å². The molecule has 7 nitrogen and oxygen atoms in total. The Balaban J connectivity index is 1.77. The highest BCUT2D eigenvalue weighted by molar-refractivity contribution is 7.89. The standard InChI is InChI=1S/C25H31FN2O5S/c1-16-13-28(17(2)15-29)34(31,32)24-10-9-20(19-5-4-6-21(26)11-19)12-22(24)33-23(16)14-27(3)25(30)18-7-8-18/h4-6,9-12,16-18,23,29H,7-8,13-15H2,1-3H3/t16-,17-,23+/m0/s1. The third-order valence-corrected chi connectivity index (χ3v) is 8.60. The number of hydrogen-bond acceptors (Lipinski definition) is 5. The molecular weight excluding hydrogens is 459 g/mol. The fourth-order valence-corrected chi connectivity index (χ4v) is 6.12. The molecule has 2 aromatic carbocycles. The summed E-state index contributed by atoms with van der Waals surface area (Å²) in [5.41, 5.74) is 1.21. The van der Waals surface area contributed by atoms with Crippen molar-refractivity contribution in [1.29, 1.82) is 0 Å². The number of carbonyl (C=O) groups is 1. The van der Waals surface area contributed by atoms with Crippen molar-refractivity contribution in [3.8, 4) is 16.9 Å². The second kappa shape index (κ2) is 9.64. The minimum Gasteiger partial charge on any atom is -0.487 e. The van der Waals surface area contributed by atoms with Crippen molar-refractivity contribution in [3.05, 3.63) is 48.3 Å². The Labute approximate surface area is 200 Å². The fraction of sp³-hybridized carbons (Fsp3) is 0.480. The molecule has 9 heteroatoms. The lowest BCUT2D eigenvalue weighted by atomic mass is 10.0. The first kappa shape index (κ1) is 24.6. The number of carbonyl (C=O) groups excluding carboxylic acids is 1. The summed E-state index contributed by atoms with van der Waals surface area (Å²) in [4.78, 5) is 14.2. The van der Waals surface area contributed by atoms with E-state index in [-0.39, 0.29) is 41.5 Å². The molecule has 1 fully saturated rings. The molecule has 1 amide bonds. The first-order valence-electron chi connectivity index (χ1n) is 11.6. The Hall–Kier alpha value is -2.49. The average Bonchev–Trinajstić information content (AvgIpc) is 3.65. The topological polar surface area (TPSA) is 87.2 Å². The van der Waals surface area contributed by atoms with Gasteiger partial charge in [-0.3, -0.25) is 4.79 Å². The van der Waals surface area contributed by atoms with E-state index in [4.69, 9.17) is 4.74 Å². The number of rotatable bonds is 6. The number of likely N-dealkylation sites (N-methyl/N-ethyl adjacent to an activating group) is 1. The van der Waals surface area contributed by atoms with E-state index >= 15 is 0 Å². The molecule has 2 aromatic rings. The van der Waals surface area contributed by atoms with E-state index in [1.165, 1.54) is 22.5 Å². The lowest BCUT2D eigenvalue weighted by Gasteiger charge is -2.37. The molecule has 1 N–H and O–H groups in total. The van der Waals surface area contributed by atoms with Gasteiger partial charge in [0.1, 0.15) is 22.6 Å². The van der Waals surface area contributed by atoms with Crippen LogP contribution >= 0.6 is 0 Å². The summed E-state index contributed by atoms with van der Waals surface area (Å²) in [5, 5.41) is 9.76. The van der Waals surface area contributed by atoms with Gasteiger partial charge in [0.15, 0.2) is 0 Å². The molecule has 1 aliphatic heterocycles. The molecule has 0 aromatic heterocycles. The maximum atomic E-state index is 13.8. The van der Waals surface area contributed by atoms with Crippen molar-refractivity contribution in [2.75, 3.05) is 26.7 Å². The molecule has 184 valence electrons. The maximum Gasteiger partial charge on any atom is 0.247 e. The molecule has 4 rings (SSSR count). The summed E-state index contributed by atoms with van der Waals surface area (Å²) in [6.07, 6.45) is 1.31. The summed E-state index contributed by atoms with van der Waals surface area (Å²) >= 11 is 0. The summed E-state index contributed by atoms with van der Waals surface area (Å²) < 4.78 is 48.6. The lowest BCUT2D eigenvalue weighted by molar-refractivity contribution is -0.132. The predicted molar refractivity (Wildman–Crippen MR) is 126 cm³/mol. The van der Waals surface area contributed by atoms with E-state index in [2.05, 4.69) is 0 Å². The molecule has 0 unspecified atom stereocenters. The van der Waals surface area contributed by atoms with Crippen LogP contribution < -0.4 is 4.74 Å². The van der Waals surface area contributed by atoms with Crippen LogP contribution in [0.15, 0.2) is 47.4 Å². The first-order chi connectivity index (χ1) is 16.1. The Morgan fingerprint density at radius 1 is 1.24 bits per heavy atom. The zero-order chi connectivity index (χ0) is 24.6. The van der Waals surface area contributed by atoms with Crippen molar-refractivity contribution in [3.63, 3.8) is 0 Å². The van der Waals surface area contributed by atoms with Gasteiger partial charge in [-0.2, -0.15) is 4.31 Å². The van der Waals surface area contributed by atoms with Crippen LogP contribution in [0, 0.1) is 17.7 Å². The molecule has 34 heavy (non-hydrogen) atoms. The zero-order valence-electron chi connectivity index (χ0n) is 19.6. The molecule has 1 saturated carbocycles. The molecule has 1 heterocycles. The molecule has 1 aliphatic carbocycles. The summed E-state index contributed by atoms with van der Waals surface area (Å²) in [6, 6.07) is 10.1. The highest BCUT2D eigenvalue weighted by atomic mass is 32.2. The number of nitrogens with zero attached hydrogens (tertiary/aromatic N) is 2. The van der Waals surface area contributed by atoms with Gasteiger partial charge in [0.2, 0.25) is 15.9 Å². The van der Waals surface area contributed by atoms with E-state index < -0.39 is 28.0 Å². The summed E-state index contributed by atoms with van der Waals surface area (Å²) in [7, 11) is -2.23. The molecule has 2 aliphatic rings. The molecule has 0 bridgehead atoms. The third kappa shape index (κ3) is 4.96. The van der Waals surface area contributed by atoms with Crippen molar-refractivity contribution in [2.45, 2.75) is 43.7 Å². The van der Waals surface area contributed by atoms with Crippen LogP contribution in [0.5, 0.6) is 5.75 Å². The minimum atomic E-state index is -3.97. The van der Waals surface area contributed by atoms with Crippen molar-refractivity contribution < 1.29 is 27.4 Å².